The lowest BCUT2D eigenvalue weighted by Gasteiger charge is -2.28. The number of hydrogen-bond donors (Lipinski definition) is 1. The Kier molecular flexibility index (Phi) is 5.18. The van der Waals surface area contributed by atoms with E-state index in [4.69, 9.17) is 10.5 Å². The Morgan fingerprint density at radius 2 is 1.77 bits per heavy atom. The van der Waals surface area contributed by atoms with Crippen molar-refractivity contribution in [3.63, 3.8) is 0 Å². The highest BCUT2D eigenvalue weighted by Crippen LogP contribution is 2.32. The molecule has 4 nitrogen and oxygen atoms in total. The summed E-state index contributed by atoms with van der Waals surface area (Å²) in [6.07, 6.45) is -3.18. The Hall–Kier alpha value is -2.54. The van der Waals surface area contributed by atoms with Crippen molar-refractivity contribution in [2.45, 2.75) is 25.6 Å². The van der Waals surface area contributed by atoms with E-state index in [2.05, 4.69) is 4.90 Å². The van der Waals surface area contributed by atoms with Gasteiger partial charge < -0.3 is 10.5 Å². The molecule has 2 aromatic carbocycles. The second-order valence-corrected chi connectivity index (χ2v) is 6.30. The minimum absolute atomic E-state index is 0.317. The van der Waals surface area contributed by atoms with Crippen molar-refractivity contribution in [1.29, 1.82) is 0 Å². The molecule has 0 unspecified atom stereocenters. The number of nitrogens with zero attached hydrogens (tertiary/aromatic N) is 1. The summed E-state index contributed by atoms with van der Waals surface area (Å²) in [5.41, 5.74) is 6.78. The summed E-state index contributed by atoms with van der Waals surface area (Å²) in [5, 5.41) is 0. The number of ether oxygens (including phenoxy) is 1. The van der Waals surface area contributed by atoms with Gasteiger partial charge in [0.25, 0.3) is 0 Å². The van der Waals surface area contributed by atoms with Crippen LogP contribution < -0.4 is 10.5 Å². The first-order valence-electron chi connectivity index (χ1n) is 8.29. The summed E-state index contributed by atoms with van der Waals surface area (Å²) in [4.78, 5) is 13.1. The van der Waals surface area contributed by atoms with Crippen LogP contribution in [0.2, 0.25) is 0 Å². The molecule has 138 valence electrons. The summed E-state index contributed by atoms with van der Waals surface area (Å²) < 4.78 is 43.5. The van der Waals surface area contributed by atoms with E-state index in [9.17, 15) is 18.0 Å². The first-order valence-corrected chi connectivity index (χ1v) is 8.29. The Balaban J connectivity index is 1.69. The van der Waals surface area contributed by atoms with Gasteiger partial charge in [-0.05, 0) is 53.9 Å². The molecule has 0 atom stereocenters. The highest BCUT2D eigenvalue weighted by molar-refractivity contribution is 5.73. The monoisotopic (exact) mass is 364 g/mol. The molecule has 0 fully saturated rings. The quantitative estimate of drug-likeness (QED) is 0.880. The Bertz CT molecular complexity index is 788. The molecule has 2 aromatic rings. The molecule has 0 spiro atoms. The standard InChI is InChI=1S/C19H19F3N2O2/c20-19(21,22)15-2-5-16(6-3-15)26-17-4-1-13-7-9-24(10-8-18(23)25)12-14(13)11-17/h1-6,11H,7-10,12H2,(H2,23,25). The van der Waals surface area contributed by atoms with Crippen molar-refractivity contribution < 1.29 is 22.7 Å². The van der Waals surface area contributed by atoms with Crippen LogP contribution in [-0.2, 0) is 23.9 Å². The topological polar surface area (TPSA) is 55.6 Å². The Labute approximate surface area is 149 Å². The number of carbonyl (C=O) groups is 1. The second kappa shape index (κ2) is 7.37. The van der Waals surface area contributed by atoms with E-state index in [-0.39, 0.29) is 5.91 Å². The zero-order valence-electron chi connectivity index (χ0n) is 14.1. The zero-order valence-corrected chi connectivity index (χ0v) is 14.1. The van der Waals surface area contributed by atoms with Crippen LogP contribution in [0.5, 0.6) is 11.5 Å². The number of carbonyl (C=O) groups excluding carboxylic acids is 1. The largest absolute Gasteiger partial charge is 0.457 e. The molecule has 0 aliphatic carbocycles. The van der Waals surface area contributed by atoms with Crippen LogP contribution in [0.15, 0.2) is 42.5 Å². The SMILES string of the molecule is NC(=O)CCN1CCc2ccc(Oc3ccc(C(F)(F)F)cc3)cc2C1. The average Bonchev–Trinajstić information content (AvgIpc) is 2.59. The van der Waals surface area contributed by atoms with Gasteiger partial charge in [-0.15, -0.1) is 0 Å². The van der Waals surface area contributed by atoms with Gasteiger partial charge in [0, 0.05) is 26.1 Å². The van der Waals surface area contributed by atoms with Crippen LogP contribution in [0.1, 0.15) is 23.1 Å². The summed E-state index contributed by atoms with van der Waals surface area (Å²) in [6.45, 7) is 2.16. The van der Waals surface area contributed by atoms with Gasteiger partial charge in [0.2, 0.25) is 5.91 Å². The van der Waals surface area contributed by atoms with Gasteiger partial charge >= 0.3 is 6.18 Å². The molecular formula is C19H19F3N2O2. The van der Waals surface area contributed by atoms with E-state index >= 15 is 0 Å². The number of hydrogen-bond acceptors (Lipinski definition) is 3. The van der Waals surface area contributed by atoms with E-state index < -0.39 is 11.7 Å². The molecule has 26 heavy (non-hydrogen) atoms. The van der Waals surface area contributed by atoms with E-state index in [1.807, 2.05) is 18.2 Å². The fourth-order valence-electron chi connectivity index (χ4n) is 2.96. The Morgan fingerprint density at radius 1 is 1.08 bits per heavy atom. The van der Waals surface area contributed by atoms with E-state index in [0.717, 1.165) is 30.7 Å². The molecule has 1 aliphatic heterocycles. The van der Waals surface area contributed by atoms with E-state index in [1.54, 1.807) is 0 Å². The maximum Gasteiger partial charge on any atom is 0.416 e. The third-order valence-corrected chi connectivity index (χ3v) is 4.36. The van der Waals surface area contributed by atoms with Gasteiger partial charge in [-0.1, -0.05) is 6.07 Å². The van der Waals surface area contributed by atoms with Crippen LogP contribution in [0.4, 0.5) is 13.2 Å². The number of halogens is 3. The van der Waals surface area contributed by atoms with Crippen molar-refractivity contribution >= 4 is 5.91 Å². The molecule has 0 saturated carbocycles. The lowest BCUT2D eigenvalue weighted by molar-refractivity contribution is -0.137. The smallest absolute Gasteiger partial charge is 0.416 e. The minimum Gasteiger partial charge on any atom is -0.457 e. The third kappa shape index (κ3) is 4.54. The highest BCUT2D eigenvalue weighted by atomic mass is 19.4. The van der Waals surface area contributed by atoms with Crippen LogP contribution in [0, 0.1) is 0 Å². The number of amides is 1. The molecule has 0 aromatic heterocycles. The minimum atomic E-state index is -4.36. The fourth-order valence-corrected chi connectivity index (χ4v) is 2.96. The summed E-state index contributed by atoms with van der Waals surface area (Å²) >= 11 is 0. The fraction of sp³-hybridized carbons (Fsp3) is 0.316. The summed E-state index contributed by atoms with van der Waals surface area (Å²) in [6, 6.07) is 10.3. The molecule has 1 amide bonds. The second-order valence-electron chi connectivity index (χ2n) is 6.30. The van der Waals surface area contributed by atoms with Gasteiger partial charge in [0.15, 0.2) is 0 Å². The van der Waals surface area contributed by atoms with Gasteiger partial charge in [0.05, 0.1) is 5.56 Å². The maximum absolute atomic E-state index is 12.6. The molecule has 2 N–H and O–H groups in total. The molecule has 0 bridgehead atoms. The van der Waals surface area contributed by atoms with Gasteiger partial charge in [-0.25, -0.2) is 0 Å². The van der Waals surface area contributed by atoms with Crippen molar-refractivity contribution in [2.75, 3.05) is 13.1 Å². The summed E-state index contributed by atoms with van der Waals surface area (Å²) in [5.74, 6) is 0.592. The molecule has 1 aliphatic rings. The highest BCUT2D eigenvalue weighted by Gasteiger charge is 2.30. The zero-order chi connectivity index (χ0) is 18.7. The number of alkyl halides is 3. The van der Waals surface area contributed by atoms with Crippen molar-refractivity contribution in [1.82, 2.24) is 4.90 Å². The van der Waals surface area contributed by atoms with E-state index in [0.29, 0.717) is 31.0 Å². The molecule has 0 radical (unpaired) electrons. The average molecular weight is 364 g/mol. The van der Waals surface area contributed by atoms with Crippen molar-refractivity contribution in [3.05, 3.63) is 59.2 Å². The lowest BCUT2D eigenvalue weighted by atomic mass is 9.99. The van der Waals surface area contributed by atoms with Crippen LogP contribution in [0.25, 0.3) is 0 Å². The van der Waals surface area contributed by atoms with Crippen LogP contribution in [-0.4, -0.2) is 23.9 Å². The molecule has 1 heterocycles. The molecule has 3 rings (SSSR count). The lowest BCUT2D eigenvalue weighted by Crippen LogP contribution is -2.33. The number of benzene rings is 2. The molecule has 7 heteroatoms. The molecular weight excluding hydrogens is 345 g/mol. The number of rotatable bonds is 5. The number of fused-ring (bicyclic) bond motifs is 1. The van der Waals surface area contributed by atoms with Crippen LogP contribution in [0.3, 0.4) is 0 Å². The van der Waals surface area contributed by atoms with Gasteiger partial charge in [-0.3, -0.25) is 9.69 Å². The van der Waals surface area contributed by atoms with Crippen LogP contribution >= 0.6 is 0 Å². The number of nitrogens with two attached hydrogens (primary N) is 1. The van der Waals surface area contributed by atoms with Gasteiger partial charge in [0.1, 0.15) is 11.5 Å². The normalized spacial score (nSPS) is 14.7. The first-order chi connectivity index (χ1) is 12.3. The van der Waals surface area contributed by atoms with Crippen molar-refractivity contribution in [2.24, 2.45) is 5.73 Å². The Morgan fingerprint density at radius 3 is 2.42 bits per heavy atom. The first kappa shape index (κ1) is 18.3. The summed E-state index contributed by atoms with van der Waals surface area (Å²) in [7, 11) is 0. The maximum atomic E-state index is 12.6. The predicted molar refractivity (Wildman–Crippen MR) is 90.8 cm³/mol. The van der Waals surface area contributed by atoms with Gasteiger partial charge in [-0.2, -0.15) is 13.2 Å². The van der Waals surface area contributed by atoms with E-state index in [1.165, 1.54) is 17.7 Å². The number of primary amides is 1. The predicted octanol–water partition coefficient (Wildman–Crippen LogP) is 3.73. The van der Waals surface area contributed by atoms with Crippen molar-refractivity contribution in [3.8, 4) is 11.5 Å². The molecule has 0 saturated heterocycles. The third-order valence-electron chi connectivity index (χ3n) is 4.36.